The number of thioether (sulfide) groups is 1. The van der Waals surface area contributed by atoms with Gasteiger partial charge in [-0.05, 0) is 29.0 Å². The molecule has 1 heterocycles. The minimum absolute atomic E-state index is 0.0321. The molecule has 24 heavy (non-hydrogen) atoms. The van der Waals surface area contributed by atoms with E-state index < -0.39 is 5.97 Å². The van der Waals surface area contributed by atoms with Gasteiger partial charge in [0.05, 0.1) is 4.91 Å². The molecule has 128 valence electrons. The van der Waals surface area contributed by atoms with Gasteiger partial charge in [-0.3, -0.25) is 14.5 Å². The van der Waals surface area contributed by atoms with E-state index >= 15 is 0 Å². The van der Waals surface area contributed by atoms with Crippen LogP contribution >= 0.6 is 24.0 Å². The molecule has 0 spiro atoms. The fourth-order valence-electron chi connectivity index (χ4n) is 2.31. The summed E-state index contributed by atoms with van der Waals surface area (Å²) in [7, 11) is 0. The highest BCUT2D eigenvalue weighted by molar-refractivity contribution is 8.26. The summed E-state index contributed by atoms with van der Waals surface area (Å²) in [4.78, 5) is 25.1. The van der Waals surface area contributed by atoms with Crippen LogP contribution in [0.3, 0.4) is 0 Å². The Labute approximate surface area is 151 Å². The van der Waals surface area contributed by atoms with Gasteiger partial charge >= 0.3 is 5.97 Å². The summed E-state index contributed by atoms with van der Waals surface area (Å²) in [5.74, 6) is -1.01. The Hall–Kier alpha value is -1.66. The van der Waals surface area contributed by atoms with Gasteiger partial charge in [0.25, 0.3) is 5.91 Å². The molecule has 1 aliphatic rings. The van der Waals surface area contributed by atoms with Crippen molar-refractivity contribution in [2.45, 2.75) is 39.0 Å². The van der Waals surface area contributed by atoms with Crippen molar-refractivity contribution in [2.75, 3.05) is 6.54 Å². The summed E-state index contributed by atoms with van der Waals surface area (Å²) in [6.07, 6.45) is 2.27. The third-order valence-electron chi connectivity index (χ3n) is 3.72. The van der Waals surface area contributed by atoms with Gasteiger partial charge in [0.1, 0.15) is 4.32 Å². The average Bonchev–Trinajstić information content (AvgIpc) is 2.74. The number of nitrogens with zero attached hydrogens (tertiary/aromatic N) is 1. The largest absolute Gasteiger partial charge is 0.481 e. The van der Waals surface area contributed by atoms with Crippen LogP contribution in [0.5, 0.6) is 0 Å². The third-order valence-corrected chi connectivity index (χ3v) is 5.10. The van der Waals surface area contributed by atoms with E-state index in [-0.39, 0.29) is 17.7 Å². The number of carbonyl (C=O) groups is 2. The minimum Gasteiger partial charge on any atom is -0.481 e. The number of hydrogen-bond acceptors (Lipinski definition) is 4. The van der Waals surface area contributed by atoms with Crippen molar-refractivity contribution in [3.8, 4) is 0 Å². The number of amides is 1. The molecule has 0 saturated carbocycles. The van der Waals surface area contributed by atoms with Crippen LogP contribution in [0.1, 0.15) is 44.7 Å². The summed E-state index contributed by atoms with van der Waals surface area (Å²) >= 11 is 6.51. The van der Waals surface area contributed by atoms with Crippen LogP contribution in [0.25, 0.3) is 6.08 Å². The van der Waals surface area contributed by atoms with Crippen molar-refractivity contribution >= 4 is 46.3 Å². The van der Waals surface area contributed by atoms with E-state index in [1.807, 2.05) is 18.2 Å². The number of carboxylic acids is 1. The van der Waals surface area contributed by atoms with E-state index in [9.17, 15) is 9.59 Å². The van der Waals surface area contributed by atoms with Gasteiger partial charge in [0.2, 0.25) is 0 Å². The van der Waals surface area contributed by atoms with Crippen LogP contribution in [0.2, 0.25) is 0 Å². The van der Waals surface area contributed by atoms with Gasteiger partial charge in [-0.25, -0.2) is 0 Å². The molecule has 0 radical (unpaired) electrons. The molecule has 1 aliphatic heterocycles. The van der Waals surface area contributed by atoms with Crippen molar-refractivity contribution in [1.29, 1.82) is 0 Å². The molecule has 0 atom stereocenters. The van der Waals surface area contributed by atoms with Crippen LogP contribution in [0, 0.1) is 0 Å². The quantitative estimate of drug-likeness (QED) is 0.632. The summed E-state index contributed by atoms with van der Waals surface area (Å²) < 4.78 is 0.489. The summed E-state index contributed by atoms with van der Waals surface area (Å²) in [6.45, 7) is 6.82. The highest BCUT2D eigenvalue weighted by Gasteiger charge is 2.31. The molecule has 1 saturated heterocycles. The maximum absolute atomic E-state index is 12.4. The van der Waals surface area contributed by atoms with Crippen molar-refractivity contribution < 1.29 is 14.7 Å². The fraction of sp³-hybridized carbons (Fsp3) is 0.389. The lowest BCUT2D eigenvalue weighted by Crippen LogP contribution is -2.29. The van der Waals surface area contributed by atoms with E-state index in [0.717, 1.165) is 5.56 Å². The molecule has 4 nitrogen and oxygen atoms in total. The zero-order valence-corrected chi connectivity index (χ0v) is 15.7. The van der Waals surface area contributed by atoms with Crippen molar-refractivity contribution in [3.05, 3.63) is 40.3 Å². The van der Waals surface area contributed by atoms with Gasteiger partial charge in [0.15, 0.2) is 0 Å². The van der Waals surface area contributed by atoms with Crippen molar-refractivity contribution in [3.63, 3.8) is 0 Å². The summed E-state index contributed by atoms with van der Waals surface area (Å²) in [6, 6.07) is 8.13. The molecule has 0 aliphatic carbocycles. The Kier molecular flexibility index (Phi) is 5.83. The summed E-state index contributed by atoms with van der Waals surface area (Å²) in [5, 5.41) is 8.69. The normalized spacial score (nSPS) is 17.0. The number of carbonyl (C=O) groups excluding carboxylic acids is 1. The van der Waals surface area contributed by atoms with E-state index in [4.69, 9.17) is 17.3 Å². The Bertz CT molecular complexity index is 687. The van der Waals surface area contributed by atoms with Crippen LogP contribution in [-0.2, 0) is 15.0 Å². The average molecular weight is 364 g/mol. The first kappa shape index (κ1) is 18.7. The van der Waals surface area contributed by atoms with Crippen molar-refractivity contribution in [2.24, 2.45) is 0 Å². The lowest BCUT2D eigenvalue weighted by Gasteiger charge is -2.18. The van der Waals surface area contributed by atoms with Crippen LogP contribution in [0.4, 0.5) is 0 Å². The number of rotatable bonds is 5. The topological polar surface area (TPSA) is 57.6 Å². The number of thiocarbonyl (C=S) groups is 1. The molecule has 1 fully saturated rings. The molecular weight excluding hydrogens is 342 g/mol. The molecular formula is C18H21NO3S2. The molecule has 1 amide bonds. The number of carboxylic acid groups (broad SMARTS) is 1. The molecule has 6 heteroatoms. The monoisotopic (exact) mass is 363 g/mol. The molecule has 1 N–H and O–H groups in total. The van der Waals surface area contributed by atoms with Gasteiger partial charge in [-0.2, -0.15) is 0 Å². The lowest BCUT2D eigenvalue weighted by atomic mass is 9.87. The predicted molar refractivity (Wildman–Crippen MR) is 102 cm³/mol. The Morgan fingerprint density at radius 3 is 2.46 bits per heavy atom. The zero-order chi connectivity index (χ0) is 17.9. The SMILES string of the molecule is CC(C)(C)c1ccc(/C=C2/SC(=S)N(CCCC(=O)O)C2=O)cc1. The highest BCUT2D eigenvalue weighted by atomic mass is 32.2. The van der Waals surface area contributed by atoms with Crippen LogP contribution < -0.4 is 0 Å². The second-order valence-corrected chi connectivity index (χ2v) is 8.38. The predicted octanol–water partition coefficient (Wildman–Crippen LogP) is 4.05. The van der Waals surface area contributed by atoms with Gasteiger partial charge in [0, 0.05) is 13.0 Å². The molecule has 1 aromatic rings. The van der Waals surface area contributed by atoms with E-state index in [1.165, 1.54) is 22.2 Å². The van der Waals surface area contributed by atoms with Gasteiger partial charge < -0.3 is 5.11 Å². The van der Waals surface area contributed by atoms with Crippen LogP contribution in [0.15, 0.2) is 29.2 Å². The first-order valence-corrected chi connectivity index (χ1v) is 8.98. The second-order valence-electron chi connectivity index (χ2n) is 6.70. The molecule has 0 unspecified atom stereocenters. The standard InChI is InChI=1S/C18H21NO3S2/c1-18(2,3)13-8-6-12(7-9-13)11-14-16(22)19(17(23)24-14)10-4-5-15(20)21/h6-9,11H,4-5,10H2,1-3H3,(H,20,21)/b14-11+. The van der Waals surface area contributed by atoms with Gasteiger partial charge in [-0.1, -0.05) is 69.0 Å². The first-order chi connectivity index (χ1) is 11.2. The number of benzene rings is 1. The number of aliphatic carboxylic acids is 1. The maximum Gasteiger partial charge on any atom is 0.303 e. The highest BCUT2D eigenvalue weighted by Crippen LogP contribution is 2.33. The molecule has 2 rings (SSSR count). The van der Waals surface area contributed by atoms with Gasteiger partial charge in [-0.15, -0.1) is 0 Å². The molecule has 0 bridgehead atoms. The number of hydrogen-bond donors (Lipinski definition) is 1. The van der Waals surface area contributed by atoms with Crippen LogP contribution in [-0.4, -0.2) is 32.7 Å². The maximum atomic E-state index is 12.4. The summed E-state index contributed by atoms with van der Waals surface area (Å²) in [5.41, 5.74) is 2.28. The Morgan fingerprint density at radius 2 is 1.92 bits per heavy atom. The molecule has 1 aromatic carbocycles. The third kappa shape index (κ3) is 4.68. The Balaban J connectivity index is 2.09. The van der Waals surface area contributed by atoms with E-state index in [2.05, 4.69) is 32.9 Å². The van der Waals surface area contributed by atoms with Crippen molar-refractivity contribution in [1.82, 2.24) is 4.90 Å². The second kappa shape index (κ2) is 7.49. The smallest absolute Gasteiger partial charge is 0.303 e. The lowest BCUT2D eigenvalue weighted by molar-refractivity contribution is -0.137. The molecule has 0 aromatic heterocycles. The fourth-order valence-corrected chi connectivity index (χ4v) is 3.62. The van der Waals surface area contributed by atoms with E-state index in [1.54, 1.807) is 0 Å². The minimum atomic E-state index is -0.866. The first-order valence-electron chi connectivity index (χ1n) is 7.76. The Morgan fingerprint density at radius 1 is 1.29 bits per heavy atom. The zero-order valence-electron chi connectivity index (χ0n) is 14.0. The van der Waals surface area contributed by atoms with E-state index in [0.29, 0.717) is 22.2 Å².